The van der Waals surface area contributed by atoms with E-state index in [1.54, 1.807) is 0 Å². The quantitative estimate of drug-likeness (QED) is 0.889. The number of hydrogen-bond acceptors (Lipinski definition) is 1. The SMILES string of the molecule is CNC(Cc1ccc(F)cc1Br)C1Cc2ccccc21. The average Bonchev–Trinajstić information content (AvgIpc) is 2.41. The number of likely N-dealkylation sites (N-methyl/N-ethyl adjacent to an activating group) is 1. The zero-order valence-electron chi connectivity index (χ0n) is 11.4. The Balaban J connectivity index is 1.79. The minimum atomic E-state index is -0.198. The van der Waals surface area contributed by atoms with E-state index in [1.807, 2.05) is 13.1 Å². The van der Waals surface area contributed by atoms with E-state index in [2.05, 4.69) is 45.5 Å². The van der Waals surface area contributed by atoms with Crippen molar-refractivity contribution in [3.63, 3.8) is 0 Å². The van der Waals surface area contributed by atoms with Crippen LogP contribution >= 0.6 is 15.9 Å². The molecule has 2 aromatic carbocycles. The maximum absolute atomic E-state index is 13.2. The Morgan fingerprint density at radius 1 is 1.30 bits per heavy atom. The van der Waals surface area contributed by atoms with Crippen molar-refractivity contribution in [2.75, 3.05) is 7.05 Å². The monoisotopic (exact) mass is 333 g/mol. The van der Waals surface area contributed by atoms with Crippen molar-refractivity contribution in [2.24, 2.45) is 0 Å². The van der Waals surface area contributed by atoms with Gasteiger partial charge in [0.05, 0.1) is 0 Å². The summed E-state index contributed by atoms with van der Waals surface area (Å²) in [4.78, 5) is 0. The van der Waals surface area contributed by atoms with Gasteiger partial charge in [-0.05, 0) is 48.7 Å². The summed E-state index contributed by atoms with van der Waals surface area (Å²) in [5.41, 5.74) is 4.05. The first kappa shape index (κ1) is 13.8. The number of rotatable bonds is 4. The van der Waals surface area contributed by atoms with Gasteiger partial charge in [0, 0.05) is 16.4 Å². The largest absolute Gasteiger partial charge is 0.316 e. The lowest BCUT2D eigenvalue weighted by Crippen LogP contribution is -2.39. The third kappa shape index (κ3) is 2.52. The Kier molecular flexibility index (Phi) is 3.90. The minimum absolute atomic E-state index is 0.198. The summed E-state index contributed by atoms with van der Waals surface area (Å²) in [6.45, 7) is 0. The number of fused-ring (bicyclic) bond motifs is 1. The van der Waals surface area contributed by atoms with Gasteiger partial charge in [-0.2, -0.15) is 0 Å². The standard InChI is InChI=1S/C17H17BrFN/c1-20-17(9-12-6-7-13(19)10-16(12)18)15-8-11-4-2-3-5-14(11)15/h2-7,10,15,17,20H,8-9H2,1H3. The van der Waals surface area contributed by atoms with Crippen molar-refractivity contribution in [3.05, 3.63) is 69.4 Å². The highest BCUT2D eigenvalue weighted by Crippen LogP contribution is 2.38. The number of benzene rings is 2. The van der Waals surface area contributed by atoms with Crippen LogP contribution in [0.25, 0.3) is 0 Å². The van der Waals surface area contributed by atoms with Crippen LogP contribution in [-0.4, -0.2) is 13.1 Å². The highest BCUT2D eigenvalue weighted by atomic mass is 79.9. The molecule has 0 aliphatic heterocycles. The summed E-state index contributed by atoms with van der Waals surface area (Å²) in [7, 11) is 2.00. The van der Waals surface area contributed by atoms with E-state index in [0.717, 1.165) is 22.9 Å². The molecule has 3 heteroatoms. The average molecular weight is 334 g/mol. The van der Waals surface area contributed by atoms with E-state index in [-0.39, 0.29) is 5.82 Å². The smallest absolute Gasteiger partial charge is 0.124 e. The number of halogens is 2. The first-order valence-corrected chi connectivity index (χ1v) is 7.67. The van der Waals surface area contributed by atoms with Crippen molar-refractivity contribution in [3.8, 4) is 0 Å². The van der Waals surface area contributed by atoms with Crippen LogP contribution in [0.2, 0.25) is 0 Å². The molecule has 0 bridgehead atoms. The van der Waals surface area contributed by atoms with Crippen LogP contribution in [0, 0.1) is 5.82 Å². The molecule has 2 atom stereocenters. The van der Waals surface area contributed by atoms with Crippen molar-refractivity contribution >= 4 is 15.9 Å². The molecule has 1 aliphatic rings. The van der Waals surface area contributed by atoms with Crippen LogP contribution in [0.4, 0.5) is 4.39 Å². The van der Waals surface area contributed by atoms with Gasteiger partial charge >= 0.3 is 0 Å². The molecule has 0 saturated heterocycles. The van der Waals surface area contributed by atoms with E-state index in [0.29, 0.717) is 12.0 Å². The van der Waals surface area contributed by atoms with Crippen molar-refractivity contribution in [2.45, 2.75) is 24.8 Å². The van der Waals surface area contributed by atoms with Gasteiger partial charge in [0.2, 0.25) is 0 Å². The minimum Gasteiger partial charge on any atom is -0.316 e. The Hall–Kier alpha value is -1.19. The normalized spacial score (nSPS) is 18.2. The second kappa shape index (κ2) is 5.66. The Morgan fingerprint density at radius 3 is 2.80 bits per heavy atom. The third-order valence-electron chi connectivity index (χ3n) is 4.21. The topological polar surface area (TPSA) is 12.0 Å². The summed E-state index contributed by atoms with van der Waals surface area (Å²) in [5.74, 6) is 0.351. The summed E-state index contributed by atoms with van der Waals surface area (Å²) < 4.78 is 14.0. The van der Waals surface area contributed by atoms with Gasteiger partial charge in [0.25, 0.3) is 0 Å². The Morgan fingerprint density at radius 2 is 2.10 bits per heavy atom. The first-order chi connectivity index (χ1) is 9.69. The zero-order valence-corrected chi connectivity index (χ0v) is 13.0. The molecule has 0 aromatic heterocycles. The molecule has 20 heavy (non-hydrogen) atoms. The van der Waals surface area contributed by atoms with Gasteiger partial charge in [-0.3, -0.25) is 0 Å². The second-order valence-electron chi connectivity index (χ2n) is 5.34. The number of hydrogen-bond donors (Lipinski definition) is 1. The van der Waals surface area contributed by atoms with Gasteiger partial charge in [-0.25, -0.2) is 4.39 Å². The molecule has 1 N–H and O–H groups in total. The highest BCUT2D eigenvalue weighted by Gasteiger charge is 2.32. The van der Waals surface area contributed by atoms with Crippen LogP contribution in [0.1, 0.15) is 22.6 Å². The van der Waals surface area contributed by atoms with Gasteiger partial charge in [0.1, 0.15) is 5.82 Å². The summed E-state index contributed by atoms with van der Waals surface area (Å²) in [6.07, 6.45) is 2.02. The van der Waals surface area contributed by atoms with Gasteiger partial charge in [-0.1, -0.05) is 46.3 Å². The fourth-order valence-electron chi connectivity index (χ4n) is 3.03. The van der Waals surface area contributed by atoms with Crippen molar-refractivity contribution < 1.29 is 4.39 Å². The van der Waals surface area contributed by atoms with E-state index in [4.69, 9.17) is 0 Å². The molecule has 2 unspecified atom stereocenters. The predicted molar refractivity (Wildman–Crippen MR) is 83.5 cm³/mol. The van der Waals surface area contributed by atoms with E-state index in [9.17, 15) is 4.39 Å². The zero-order chi connectivity index (χ0) is 14.1. The molecular weight excluding hydrogens is 317 g/mol. The molecular formula is C17H17BrFN. The number of nitrogens with one attached hydrogen (secondary N) is 1. The fourth-order valence-corrected chi connectivity index (χ4v) is 3.54. The first-order valence-electron chi connectivity index (χ1n) is 6.88. The molecule has 0 fully saturated rings. The van der Waals surface area contributed by atoms with Crippen LogP contribution in [0.3, 0.4) is 0 Å². The maximum Gasteiger partial charge on any atom is 0.124 e. The molecule has 1 aliphatic carbocycles. The molecule has 0 saturated carbocycles. The van der Waals surface area contributed by atoms with E-state index >= 15 is 0 Å². The Bertz CT molecular complexity index is 626. The summed E-state index contributed by atoms with van der Waals surface area (Å²) >= 11 is 3.46. The summed E-state index contributed by atoms with van der Waals surface area (Å²) in [5, 5.41) is 3.42. The van der Waals surface area contributed by atoms with Crippen LogP contribution in [-0.2, 0) is 12.8 Å². The van der Waals surface area contributed by atoms with Crippen molar-refractivity contribution in [1.29, 1.82) is 0 Å². The molecule has 3 rings (SSSR count). The van der Waals surface area contributed by atoms with E-state index < -0.39 is 0 Å². The molecule has 1 nitrogen and oxygen atoms in total. The van der Waals surface area contributed by atoms with Crippen LogP contribution in [0.5, 0.6) is 0 Å². The van der Waals surface area contributed by atoms with E-state index in [1.165, 1.54) is 23.3 Å². The maximum atomic E-state index is 13.2. The molecule has 104 valence electrons. The lowest BCUT2D eigenvalue weighted by Gasteiger charge is -2.36. The summed E-state index contributed by atoms with van der Waals surface area (Å²) in [6, 6.07) is 13.9. The second-order valence-corrected chi connectivity index (χ2v) is 6.20. The lowest BCUT2D eigenvalue weighted by molar-refractivity contribution is 0.422. The Labute approximate surface area is 127 Å². The predicted octanol–water partition coefficient (Wildman–Crippen LogP) is 4.06. The van der Waals surface area contributed by atoms with Gasteiger partial charge in [0.15, 0.2) is 0 Å². The van der Waals surface area contributed by atoms with Crippen LogP contribution < -0.4 is 5.32 Å². The molecule has 0 radical (unpaired) electrons. The van der Waals surface area contributed by atoms with Gasteiger partial charge < -0.3 is 5.32 Å². The third-order valence-corrected chi connectivity index (χ3v) is 4.94. The van der Waals surface area contributed by atoms with Crippen LogP contribution in [0.15, 0.2) is 46.9 Å². The molecule has 0 spiro atoms. The molecule has 0 amide bonds. The molecule has 2 aromatic rings. The molecule has 0 heterocycles. The highest BCUT2D eigenvalue weighted by molar-refractivity contribution is 9.10. The fraction of sp³-hybridized carbons (Fsp3) is 0.294. The van der Waals surface area contributed by atoms with Gasteiger partial charge in [-0.15, -0.1) is 0 Å². The lowest BCUT2D eigenvalue weighted by atomic mass is 9.72. The van der Waals surface area contributed by atoms with Crippen molar-refractivity contribution in [1.82, 2.24) is 5.32 Å².